The number of halogens is 2. The molecule has 1 amide bonds. The number of hydrogen-bond acceptors (Lipinski definition) is 4. The Labute approximate surface area is 123 Å². The number of para-hydroxylation sites is 1. The molecule has 0 radical (unpaired) electrons. The van der Waals surface area contributed by atoms with Crippen LogP contribution in [0, 0.1) is 15.9 Å². The number of nitro groups is 1. The van der Waals surface area contributed by atoms with E-state index in [1.54, 1.807) is 0 Å². The lowest BCUT2D eigenvalue weighted by atomic mass is 10.1. The van der Waals surface area contributed by atoms with Gasteiger partial charge in [-0.3, -0.25) is 14.9 Å². The molecule has 0 aromatic heterocycles. The second-order valence-corrected chi connectivity index (χ2v) is 4.49. The molecule has 0 atom stereocenters. The van der Waals surface area contributed by atoms with Crippen LogP contribution in [0.3, 0.4) is 0 Å². The molecule has 0 aliphatic heterocycles. The number of non-ortho nitro benzene ring substituents is 1. The molecule has 0 fully saturated rings. The number of benzene rings is 2. The van der Waals surface area contributed by atoms with Gasteiger partial charge in [0.15, 0.2) is 0 Å². The van der Waals surface area contributed by atoms with Crippen LogP contribution in [0.1, 0.15) is 10.4 Å². The highest BCUT2D eigenvalue weighted by Gasteiger charge is 2.17. The SMILES string of the molecule is Nc1ccc([N+](=O)[O-])cc1C(=O)Nc1c(F)cccc1Cl. The van der Waals surface area contributed by atoms with Gasteiger partial charge in [0.05, 0.1) is 21.2 Å². The molecule has 0 saturated heterocycles. The van der Waals surface area contributed by atoms with E-state index in [1.807, 2.05) is 0 Å². The van der Waals surface area contributed by atoms with Gasteiger partial charge < -0.3 is 11.1 Å². The van der Waals surface area contributed by atoms with E-state index in [4.69, 9.17) is 17.3 Å². The summed E-state index contributed by atoms with van der Waals surface area (Å²) in [4.78, 5) is 22.1. The Bertz CT molecular complexity index is 716. The lowest BCUT2D eigenvalue weighted by Crippen LogP contribution is -2.15. The lowest BCUT2D eigenvalue weighted by Gasteiger charge is -2.09. The highest BCUT2D eigenvalue weighted by molar-refractivity contribution is 6.34. The maximum atomic E-state index is 13.6. The van der Waals surface area contributed by atoms with E-state index in [2.05, 4.69) is 5.32 Å². The first-order chi connectivity index (χ1) is 9.90. The molecule has 21 heavy (non-hydrogen) atoms. The Morgan fingerprint density at radius 1 is 1.33 bits per heavy atom. The minimum absolute atomic E-state index is 0.00681. The molecule has 108 valence electrons. The third-order valence-electron chi connectivity index (χ3n) is 2.69. The summed E-state index contributed by atoms with van der Waals surface area (Å²) in [6.45, 7) is 0. The first kappa shape index (κ1) is 14.7. The molecule has 2 aromatic carbocycles. The molecule has 8 heteroatoms. The molecular formula is C13H9ClFN3O3. The molecule has 0 unspecified atom stereocenters. The monoisotopic (exact) mass is 309 g/mol. The zero-order valence-corrected chi connectivity index (χ0v) is 11.2. The Hall–Kier alpha value is -2.67. The van der Waals surface area contributed by atoms with Crippen LogP contribution in [-0.4, -0.2) is 10.8 Å². The minimum atomic E-state index is -0.789. The second-order valence-electron chi connectivity index (χ2n) is 4.08. The minimum Gasteiger partial charge on any atom is -0.398 e. The Morgan fingerprint density at radius 3 is 2.67 bits per heavy atom. The number of nitrogens with two attached hydrogens (primary N) is 1. The van der Waals surface area contributed by atoms with Crippen molar-refractivity contribution in [1.82, 2.24) is 0 Å². The number of nitrogens with zero attached hydrogens (tertiary/aromatic N) is 1. The normalized spacial score (nSPS) is 10.2. The highest BCUT2D eigenvalue weighted by Crippen LogP contribution is 2.26. The highest BCUT2D eigenvalue weighted by atomic mass is 35.5. The van der Waals surface area contributed by atoms with Gasteiger partial charge in [0, 0.05) is 17.8 Å². The van der Waals surface area contributed by atoms with Gasteiger partial charge in [-0.1, -0.05) is 17.7 Å². The molecule has 0 bridgehead atoms. The number of hydrogen-bond donors (Lipinski definition) is 2. The van der Waals surface area contributed by atoms with Gasteiger partial charge in [0.2, 0.25) is 0 Å². The van der Waals surface area contributed by atoms with Crippen molar-refractivity contribution in [1.29, 1.82) is 0 Å². The molecule has 6 nitrogen and oxygen atoms in total. The summed E-state index contributed by atoms with van der Waals surface area (Å²) >= 11 is 5.79. The third-order valence-corrected chi connectivity index (χ3v) is 3.01. The topological polar surface area (TPSA) is 98.3 Å². The van der Waals surface area contributed by atoms with Crippen molar-refractivity contribution in [2.75, 3.05) is 11.1 Å². The van der Waals surface area contributed by atoms with Crippen LogP contribution in [0.2, 0.25) is 5.02 Å². The largest absolute Gasteiger partial charge is 0.398 e. The van der Waals surface area contributed by atoms with Crippen molar-refractivity contribution >= 4 is 34.6 Å². The second kappa shape index (κ2) is 5.76. The Morgan fingerprint density at radius 2 is 2.05 bits per heavy atom. The number of nitrogen functional groups attached to an aromatic ring is 1. The van der Waals surface area contributed by atoms with Crippen molar-refractivity contribution in [3.63, 3.8) is 0 Å². The van der Waals surface area contributed by atoms with E-state index < -0.39 is 16.6 Å². The number of carbonyl (C=O) groups is 1. The van der Waals surface area contributed by atoms with Crippen molar-refractivity contribution in [2.24, 2.45) is 0 Å². The van der Waals surface area contributed by atoms with Crippen molar-refractivity contribution in [3.8, 4) is 0 Å². The van der Waals surface area contributed by atoms with Gasteiger partial charge in [0.25, 0.3) is 11.6 Å². The van der Waals surface area contributed by atoms with Crippen molar-refractivity contribution in [2.45, 2.75) is 0 Å². The predicted molar refractivity (Wildman–Crippen MR) is 76.9 cm³/mol. The van der Waals surface area contributed by atoms with Gasteiger partial charge in [-0.25, -0.2) is 4.39 Å². The smallest absolute Gasteiger partial charge is 0.270 e. The van der Waals surface area contributed by atoms with Gasteiger partial charge in [-0.05, 0) is 18.2 Å². The molecular weight excluding hydrogens is 301 g/mol. The average Bonchev–Trinajstić information content (AvgIpc) is 2.43. The number of nitro benzene ring substituents is 1. The van der Waals surface area contributed by atoms with E-state index in [0.29, 0.717) is 0 Å². The van der Waals surface area contributed by atoms with Crippen molar-refractivity contribution in [3.05, 3.63) is 62.9 Å². The number of amides is 1. The maximum absolute atomic E-state index is 13.6. The third kappa shape index (κ3) is 3.09. The standard InChI is InChI=1S/C13H9ClFN3O3/c14-9-2-1-3-10(15)12(9)17-13(19)8-6-7(18(20)21)4-5-11(8)16/h1-6H,16H2,(H,17,19). The first-order valence-corrected chi connectivity index (χ1v) is 6.07. The van der Waals surface area contributed by atoms with E-state index in [0.717, 1.165) is 12.1 Å². The van der Waals surface area contributed by atoms with Crippen LogP contribution < -0.4 is 11.1 Å². The zero-order chi connectivity index (χ0) is 15.6. The molecule has 3 N–H and O–H groups in total. The predicted octanol–water partition coefficient (Wildman–Crippen LogP) is 3.22. The molecule has 0 aliphatic carbocycles. The quantitative estimate of drug-likeness (QED) is 0.516. The Kier molecular flexibility index (Phi) is 4.04. The van der Waals surface area contributed by atoms with E-state index in [9.17, 15) is 19.3 Å². The van der Waals surface area contributed by atoms with E-state index in [-0.39, 0.29) is 27.6 Å². The number of rotatable bonds is 3. The molecule has 0 aliphatic rings. The Balaban J connectivity index is 2.37. The zero-order valence-electron chi connectivity index (χ0n) is 10.5. The fraction of sp³-hybridized carbons (Fsp3) is 0. The van der Waals surface area contributed by atoms with Crippen LogP contribution in [0.4, 0.5) is 21.5 Å². The average molecular weight is 310 g/mol. The van der Waals surface area contributed by atoms with Crippen molar-refractivity contribution < 1.29 is 14.1 Å². The van der Waals surface area contributed by atoms with Crippen LogP contribution in [0.25, 0.3) is 0 Å². The number of nitrogens with one attached hydrogen (secondary N) is 1. The molecule has 2 rings (SSSR count). The summed E-state index contributed by atoms with van der Waals surface area (Å²) in [6, 6.07) is 7.32. The summed E-state index contributed by atoms with van der Waals surface area (Å²) in [7, 11) is 0. The molecule has 2 aromatic rings. The fourth-order valence-electron chi connectivity index (χ4n) is 1.65. The van der Waals surface area contributed by atoms with Crippen LogP contribution in [0.5, 0.6) is 0 Å². The molecule has 0 spiro atoms. The summed E-state index contributed by atoms with van der Waals surface area (Å²) in [6.07, 6.45) is 0. The van der Waals surface area contributed by atoms with Gasteiger partial charge in [-0.15, -0.1) is 0 Å². The number of carbonyl (C=O) groups excluding carboxylic acids is 1. The number of anilines is 2. The van der Waals surface area contributed by atoms with Gasteiger partial charge in [0.1, 0.15) is 5.82 Å². The van der Waals surface area contributed by atoms with Crippen LogP contribution in [0.15, 0.2) is 36.4 Å². The van der Waals surface area contributed by atoms with E-state index in [1.165, 1.54) is 24.3 Å². The summed E-state index contributed by atoms with van der Waals surface area (Å²) in [5.41, 5.74) is 5.00. The van der Waals surface area contributed by atoms with Crippen LogP contribution >= 0.6 is 11.6 Å². The van der Waals surface area contributed by atoms with Gasteiger partial charge >= 0.3 is 0 Å². The summed E-state index contributed by atoms with van der Waals surface area (Å²) in [5.74, 6) is -1.51. The molecule has 0 heterocycles. The lowest BCUT2D eigenvalue weighted by molar-refractivity contribution is -0.384. The van der Waals surface area contributed by atoms with Crippen LogP contribution in [-0.2, 0) is 0 Å². The maximum Gasteiger partial charge on any atom is 0.270 e. The summed E-state index contributed by atoms with van der Waals surface area (Å²) in [5, 5.41) is 13.0. The van der Waals surface area contributed by atoms with E-state index >= 15 is 0 Å². The molecule has 0 saturated carbocycles. The fourth-order valence-corrected chi connectivity index (χ4v) is 1.86. The summed E-state index contributed by atoms with van der Waals surface area (Å²) < 4.78 is 13.6. The first-order valence-electron chi connectivity index (χ1n) is 5.69. The van der Waals surface area contributed by atoms with Gasteiger partial charge in [-0.2, -0.15) is 0 Å².